The predicted octanol–water partition coefficient (Wildman–Crippen LogP) is 3.70. The lowest BCUT2D eigenvalue weighted by Gasteiger charge is -2.22. The molecular weight excluding hydrogens is 222 g/mol. The maximum absolute atomic E-state index is 10.5. The van der Waals surface area contributed by atoms with E-state index in [2.05, 4.69) is 24.0 Å². The molecule has 18 heavy (non-hydrogen) atoms. The third-order valence-electron chi connectivity index (χ3n) is 4.29. The summed E-state index contributed by atoms with van der Waals surface area (Å²) in [5, 5.41) is 11.6. The number of fused-ring (bicyclic) bond motifs is 1. The van der Waals surface area contributed by atoms with Crippen LogP contribution in [0.15, 0.2) is 36.5 Å². The van der Waals surface area contributed by atoms with E-state index in [4.69, 9.17) is 0 Å². The molecule has 2 nitrogen and oxygen atoms in total. The van der Waals surface area contributed by atoms with Crippen LogP contribution < -0.4 is 0 Å². The largest absolute Gasteiger partial charge is 0.388 e. The first-order chi connectivity index (χ1) is 8.75. The van der Waals surface area contributed by atoms with Gasteiger partial charge in [0, 0.05) is 11.6 Å². The number of hydrogen-bond donors (Lipinski definition) is 1. The lowest BCUT2D eigenvalue weighted by atomic mass is 9.88. The Balaban J connectivity index is 1.93. The minimum Gasteiger partial charge on any atom is -0.388 e. The maximum Gasteiger partial charge on any atom is 0.0835 e. The van der Waals surface area contributed by atoms with Gasteiger partial charge in [0.1, 0.15) is 0 Å². The Labute approximate surface area is 108 Å². The summed E-state index contributed by atoms with van der Waals surface area (Å²) in [5.74, 6) is 1.01. The zero-order valence-electron chi connectivity index (χ0n) is 10.7. The summed E-state index contributed by atoms with van der Waals surface area (Å²) in [6.07, 6.45) is 5.08. The molecule has 0 aliphatic heterocycles. The van der Waals surface area contributed by atoms with E-state index >= 15 is 0 Å². The summed E-state index contributed by atoms with van der Waals surface area (Å²) >= 11 is 0. The van der Waals surface area contributed by atoms with Crippen molar-refractivity contribution in [3.8, 4) is 0 Å². The van der Waals surface area contributed by atoms with Crippen LogP contribution in [0.25, 0.3) is 10.9 Å². The van der Waals surface area contributed by atoms with Crippen molar-refractivity contribution < 1.29 is 5.11 Å². The third kappa shape index (κ3) is 2.01. The monoisotopic (exact) mass is 241 g/mol. The van der Waals surface area contributed by atoms with Gasteiger partial charge >= 0.3 is 0 Å². The smallest absolute Gasteiger partial charge is 0.0835 e. The molecule has 0 bridgehead atoms. The lowest BCUT2D eigenvalue weighted by Crippen LogP contribution is -2.15. The topological polar surface area (TPSA) is 33.1 Å². The molecule has 1 aliphatic rings. The lowest BCUT2D eigenvalue weighted by molar-refractivity contribution is 0.0899. The Bertz CT molecular complexity index is 552. The molecule has 2 aromatic rings. The fourth-order valence-corrected chi connectivity index (χ4v) is 3.14. The number of aromatic nitrogens is 1. The van der Waals surface area contributed by atoms with Crippen LogP contribution in [0, 0.1) is 11.8 Å². The second-order valence-corrected chi connectivity index (χ2v) is 5.48. The van der Waals surface area contributed by atoms with E-state index < -0.39 is 0 Å². The average Bonchev–Trinajstić information content (AvgIpc) is 2.83. The highest BCUT2D eigenvalue weighted by molar-refractivity contribution is 5.78. The normalized spacial score (nSPS) is 25.4. The maximum atomic E-state index is 10.5. The molecule has 1 heterocycles. The van der Waals surface area contributed by atoms with Gasteiger partial charge in [0.05, 0.1) is 11.6 Å². The van der Waals surface area contributed by atoms with Crippen molar-refractivity contribution in [2.24, 2.45) is 11.8 Å². The minimum atomic E-state index is -0.361. The fourth-order valence-electron chi connectivity index (χ4n) is 3.14. The molecule has 0 saturated heterocycles. The molecule has 1 aromatic carbocycles. The van der Waals surface area contributed by atoms with Crippen LogP contribution in [0.2, 0.25) is 0 Å². The number of nitrogens with zero attached hydrogens (tertiary/aromatic N) is 1. The van der Waals surface area contributed by atoms with E-state index in [0.29, 0.717) is 11.8 Å². The third-order valence-corrected chi connectivity index (χ3v) is 4.29. The van der Waals surface area contributed by atoms with Crippen molar-refractivity contribution in [2.75, 3.05) is 0 Å². The van der Waals surface area contributed by atoms with Crippen LogP contribution in [0.3, 0.4) is 0 Å². The summed E-state index contributed by atoms with van der Waals surface area (Å²) in [6.45, 7) is 2.25. The van der Waals surface area contributed by atoms with E-state index in [1.165, 1.54) is 12.8 Å². The van der Waals surface area contributed by atoms with Crippen molar-refractivity contribution in [2.45, 2.75) is 32.3 Å². The van der Waals surface area contributed by atoms with Crippen LogP contribution >= 0.6 is 0 Å². The Morgan fingerprint density at radius 1 is 1.28 bits per heavy atom. The van der Waals surface area contributed by atoms with E-state index in [9.17, 15) is 5.11 Å². The van der Waals surface area contributed by atoms with Crippen LogP contribution in [-0.4, -0.2) is 10.1 Å². The van der Waals surface area contributed by atoms with Gasteiger partial charge in [0.2, 0.25) is 0 Å². The number of para-hydroxylation sites is 1. The summed E-state index contributed by atoms with van der Waals surface area (Å²) in [6, 6.07) is 10.1. The molecule has 3 rings (SSSR count). The Kier molecular flexibility index (Phi) is 3.04. The van der Waals surface area contributed by atoms with Crippen molar-refractivity contribution in [1.82, 2.24) is 4.98 Å². The number of hydrogen-bond acceptors (Lipinski definition) is 2. The molecule has 1 fully saturated rings. The first kappa shape index (κ1) is 11.7. The van der Waals surface area contributed by atoms with Gasteiger partial charge in [-0.15, -0.1) is 0 Å². The van der Waals surface area contributed by atoms with Crippen molar-refractivity contribution in [1.29, 1.82) is 0 Å². The van der Waals surface area contributed by atoms with Gasteiger partial charge in [0.25, 0.3) is 0 Å². The molecule has 0 spiro atoms. The van der Waals surface area contributed by atoms with Gasteiger partial charge in [-0.1, -0.05) is 38.0 Å². The highest BCUT2D eigenvalue weighted by atomic mass is 16.3. The molecule has 1 aromatic heterocycles. The number of aliphatic hydroxyl groups is 1. The second kappa shape index (κ2) is 4.69. The standard InChI is InChI=1S/C16H19NO/c1-11-5-4-7-14(11)16(18)13-9-12-6-2-3-8-15(12)17-10-13/h2-3,6,8-11,14,16,18H,4-5,7H2,1H3. The molecule has 1 N–H and O–H groups in total. The van der Waals surface area contributed by atoms with Crippen LogP contribution in [0.5, 0.6) is 0 Å². The van der Waals surface area contributed by atoms with E-state index in [1.807, 2.05) is 24.4 Å². The van der Waals surface area contributed by atoms with Gasteiger partial charge in [-0.3, -0.25) is 4.98 Å². The second-order valence-electron chi connectivity index (χ2n) is 5.48. The van der Waals surface area contributed by atoms with Crippen LogP contribution in [0.1, 0.15) is 37.9 Å². The first-order valence-electron chi connectivity index (χ1n) is 6.78. The molecular formula is C16H19NO. The predicted molar refractivity (Wildman–Crippen MR) is 73.2 cm³/mol. The summed E-state index contributed by atoms with van der Waals surface area (Å²) < 4.78 is 0. The van der Waals surface area contributed by atoms with E-state index in [0.717, 1.165) is 22.9 Å². The number of pyridine rings is 1. The molecule has 94 valence electrons. The summed E-state index contributed by atoms with van der Waals surface area (Å²) in [5.41, 5.74) is 1.96. The summed E-state index contributed by atoms with van der Waals surface area (Å²) in [7, 11) is 0. The Morgan fingerprint density at radius 3 is 2.89 bits per heavy atom. The van der Waals surface area contributed by atoms with E-state index in [-0.39, 0.29) is 6.10 Å². The number of benzene rings is 1. The highest BCUT2D eigenvalue weighted by Crippen LogP contribution is 2.40. The van der Waals surface area contributed by atoms with E-state index in [1.54, 1.807) is 0 Å². The van der Waals surface area contributed by atoms with Gasteiger partial charge in [-0.25, -0.2) is 0 Å². The molecule has 1 aliphatic carbocycles. The van der Waals surface area contributed by atoms with Crippen molar-refractivity contribution in [3.63, 3.8) is 0 Å². The zero-order valence-corrected chi connectivity index (χ0v) is 10.7. The molecule has 0 amide bonds. The first-order valence-corrected chi connectivity index (χ1v) is 6.78. The quantitative estimate of drug-likeness (QED) is 0.869. The number of aliphatic hydroxyl groups excluding tert-OH is 1. The number of rotatable bonds is 2. The highest BCUT2D eigenvalue weighted by Gasteiger charge is 2.30. The SMILES string of the molecule is CC1CCCC1C(O)c1cnc2ccccc2c1. The summed E-state index contributed by atoms with van der Waals surface area (Å²) in [4.78, 5) is 4.44. The van der Waals surface area contributed by atoms with Gasteiger partial charge in [0.15, 0.2) is 0 Å². The van der Waals surface area contributed by atoms with Crippen molar-refractivity contribution in [3.05, 3.63) is 42.1 Å². The zero-order chi connectivity index (χ0) is 12.5. The minimum absolute atomic E-state index is 0.361. The van der Waals surface area contributed by atoms with Gasteiger partial charge < -0.3 is 5.11 Å². The molecule has 1 saturated carbocycles. The van der Waals surface area contributed by atoms with Crippen LogP contribution in [0.4, 0.5) is 0 Å². The Hall–Kier alpha value is -1.41. The molecule has 3 atom stereocenters. The average molecular weight is 241 g/mol. The van der Waals surface area contributed by atoms with Crippen LogP contribution in [-0.2, 0) is 0 Å². The molecule has 3 unspecified atom stereocenters. The molecule has 2 heteroatoms. The van der Waals surface area contributed by atoms with Gasteiger partial charge in [-0.05, 0) is 36.0 Å². The van der Waals surface area contributed by atoms with Crippen molar-refractivity contribution >= 4 is 10.9 Å². The Morgan fingerprint density at radius 2 is 2.11 bits per heavy atom. The van der Waals surface area contributed by atoms with Gasteiger partial charge in [-0.2, -0.15) is 0 Å². The molecule has 0 radical (unpaired) electrons. The fraction of sp³-hybridized carbons (Fsp3) is 0.438.